The Morgan fingerprint density at radius 2 is 1.54 bits per heavy atom. The number of amides is 3. The van der Waals surface area contributed by atoms with Gasteiger partial charge < -0.3 is 26.4 Å². The van der Waals surface area contributed by atoms with Crippen molar-refractivity contribution in [3.8, 4) is 11.3 Å². The highest BCUT2D eigenvalue weighted by molar-refractivity contribution is 5.89. The molecular weight excluding hydrogens is 709 g/mol. The molecule has 13 heteroatoms. The number of rotatable bonds is 22. The number of hydrogen-bond acceptors (Lipinski definition) is 8. The second kappa shape index (κ2) is 20.9. The van der Waals surface area contributed by atoms with Gasteiger partial charge in [0, 0.05) is 58.1 Å². The zero-order valence-electron chi connectivity index (χ0n) is 33.2. The largest absolute Gasteiger partial charge is 0.388 e. The minimum absolute atomic E-state index is 0.0769. The molecule has 3 amide bonds. The van der Waals surface area contributed by atoms with Crippen LogP contribution >= 0.6 is 0 Å². The molecule has 302 valence electrons. The number of primary amides is 1. The van der Waals surface area contributed by atoms with Crippen LogP contribution in [-0.4, -0.2) is 78.8 Å². The number of nitrogens with one attached hydrogen (secondary N) is 2. The summed E-state index contributed by atoms with van der Waals surface area (Å²) in [6.45, 7) is 5.11. The first-order valence-electron chi connectivity index (χ1n) is 20.4. The second-order valence-electron chi connectivity index (χ2n) is 15.5. The van der Waals surface area contributed by atoms with Crippen molar-refractivity contribution >= 4 is 28.8 Å². The summed E-state index contributed by atoms with van der Waals surface area (Å²) in [5.41, 5.74) is 8.36. The van der Waals surface area contributed by atoms with Crippen molar-refractivity contribution in [1.82, 2.24) is 34.9 Å². The van der Waals surface area contributed by atoms with E-state index in [1.807, 2.05) is 59.5 Å². The molecule has 5 rings (SSSR count). The minimum atomic E-state index is -1.13. The molecule has 0 spiro atoms. The Morgan fingerprint density at radius 1 is 0.875 bits per heavy atom. The Balaban J connectivity index is 1.02. The van der Waals surface area contributed by atoms with Gasteiger partial charge in [-0.2, -0.15) is 5.10 Å². The van der Waals surface area contributed by atoms with E-state index < -0.39 is 5.60 Å². The number of carbonyl (C=O) groups is 3. The van der Waals surface area contributed by atoms with Crippen LogP contribution in [0.1, 0.15) is 107 Å². The first-order chi connectivity index (χ1) is 27.0. The molecule has 1 saturated heterocycles. The van der Waals surface area contributed by atoms with Crippen LogP contribution in [0.15, 0.2) is 65.7 Å². The first-order valence-corrected chi connectivity index (χ1v) is 20.4. The van der Waals surface area contributed by atoms with Crippen molar-refractivity contribution in [3.63, 3.8) is 0 Å². The number of aryl methyl sites for hydroxylation is 1. The van der Waals surface area contributed by atoms with E-state index in [9.17, 15) is 24.3 Å². The Morgan fingerprint density at radius 3 is 2.21 bits per heavy atom. The summed E-state index contributed by atoms with van der Waals surface area (Å²) in [4.78, 5) is 56.0. The van der Waals surface area contributed by atoms with Gasteiger partial charge in [-0.3, -0.25) is 28.4 Å². The van der Waals surface area contributed by atoms with Gasteiger partial charge in [-0.15, -0.1) is 0 Å². The maximum Gasteiger partial charge on any atom is 0.281 e. The molecule has 2 aromatic heterocycles. The van der Waals surface area contributed by atoms with Crippen molar-refractivity contribution in [2.45, 2.75) is 115 Å². The third-order valence-corrected chi connectivity index (χ3v) is 10.9. The van der Waals surface area contributed by atoms with Crippen LogP contribution in [0.3, 0.4) is 0 Å². The van der Waals surface area contributed by atoms with Crippen LogP contribution in [0.4, 0.5) is 0 Å². The van der Waals surface area contributed by atoms with Crippen LogP contribution in [0, 0.1) is 0 Å². The normalized spacial score (nSPS) is 14.5. The predicted molar refractivity (Wildman–Crippen MR) is 219 cm³/mol. The number of unbranched alkanes of at least 4 members (excludes halogenated alkanes) is 6. The molecule has 0 saturated carbocycles. The van der Waals surface area contributed by atoms with Gasteiger partial charge in [0.05, 0.1) is 24.2 Å². The summed E-state index contributed by atoms with van der Waals surface area (Å²) >= 11 is 0. The highest BCUT2D eigenvalue weighted by Crippen LogP contribution is 2.28. The third kappa shape index (κ3) is 12.3. The van der Waals surface area contributed by atoms with Crippen LogP contribution in [0.25, 0.3) is 22.3 Å². The SMILES string of the molecule is CC(CC(=O)N1CCC(O)(Cn2cnc3c(-c4ccc(CNCCCNC(=O)CCCCCCCCCC(N)=O)cc4)n(C)nc3c2=O)CC1)c1ccccc1. The standard InChI is InChI=1S/C43H60N8O5/c1-32(34-14-9-8-10-15-34)28-38(54)50-26-22-43(56,23-27-50)30-51-31-47-39-40(42(51)55)48-49(2)41(39)35-20-18-33(19-21-35)29-45-24-13-25-46-37(53)17-12-7-5-3-4-6-11-16-36(44)52/h8-10,14-15,18-21,31-32,45,56H,3-7,11-13,16-17,22-30H2,1-2H3,(H2,44,52)(H,46,53). The Kier molecular flexibility index (Phi) is 15.8. The lowest BCUT2D eigenvalue weighted by atomic mass is 9.90. The number of fused-ring (bicyclic) bond motifs is 1. The number of hydrogen-bond donors (Lipinski definition) is 4. The predicted octanol–water partition coefficient (Wildman–Crippen LogP) is 4.94. The maximum absolute atomic E-state index is 13.6. The quantitative estimate of drug-likeness (QED) is 0.0814. The van der Waals surface area contributed by atoms with E-state index >= 15 is 0 Å². The van der Waals surface area contributed by atoms with E-state index in [-0.39, 0.29) is 41.3 Å². The third-order valence-electron chi connectivity index (χ3n) is 10.9. The van der Waals surface area contributed by atoms with Crippen LogP contribution in [0.2, 0.25) is 0 Å². The Bertz CT molecular complexity index is 1930. The molecule has 1 fully saturated rings. The summed E-state index contributed by atoms with van der Waals surface area (Å²) < 4.78 is 3.12. The molecule has 4 aromatic rings. The molecule has 56 heavy (non-hydrogen) atoms. The molecule has 3 heterocycles. The fraction of sp³-hybridized carbons (Fsp3) is 0.535. The number of likely N-dealkylation sites (tertiary alicyclic amines) is 1. The highest BCUT2D eigenvalue weighted by Gasteiger charge is 2.35. The number of aliphatic hydroxyl groups is 1. The van der Waals surface area contributed by atoms with E-state index in [4.69, 9.17) is 5.73 Å². The lowest BCUT2D eigenvalue weighted by Crippen LogP contribution is -2.49. The molecule has 2 aromatic carbocycles. The minimum Gasteiger partial charge on any atom is -0.388 e. The highest BCUT2D eigenvalue weighted by atomic mass is 16.3. The molecule has 13 nitrogen and oxygen atoms in total. The second-order valence-corrected chi connectivity index (χ2v) is 15.5. The van der Waals surface area contributed by atoms with Crippen LogP contribution in [0.5, 0.6) is 0 Å². The van der Waals surface area contributed by atoms with Gasteiger partial charge in [-0.05, 0) is 55.7 Å². The van der Waals surface area contributed by atoms with Crippen molar-refractivity contribution < 1.29 is 19.5 Å². The molecular formula is C43H60N8O5. The molecule has 1 aliphatic heterocycles. The van der Waals surface area contributed by atoms with Gasteiger partial charge in [0.15, 0.2) is 5.52 Å². The van der Waals surface area contributed by atoms with Crippen molar-refractivity contribution in [3.05, 3.63) is 82.4 Å². The van der Waals surface area contributed by atoms with Gasteiger partial charge in [-0.1, -0.05) is 93.6 Å². The van der Waals surface area contributed by atoms with E-state index in [0.717, 1.165) is 80.3 Å². The van der Waals surface area contributed by atoms with Gasteiger partial charge in [-0.25, -0.2) is 4.98 Å². The summed E-state index contributed by atoms with van der Waals surface area (Å²) in [7, 11) is 1.80. The van der Waals surface area contributed by atoms with Crippen molar-refractivity contribution in [1.29, 1.82) is 0 Å². The molecule has 0 bridgehead atoms. The smallest absolute Gasteiger partial charge is 0.281 e. The van der Waals surface area contributed by atoms with Crippen LogP contribution < -0.4 is 21.9 Å². The van der Waals surface area contributed by atoms with E-state index in [1.54, 1.807) is 11.7 Å². The number of aromatic nitrogens is 4. The Hall–Kier alpha value is -4.88. The zero-order chi connectivity index (χ0) is 39.9. The lowest BCUT2D eigenvalue weighted by molar-refractivity contribution is -0.136. The average molecular weight is 769 g/mol. The summed E-state index contributed by atoms with van der Waals surface area (Å²) in [6.07, 6.45) is 11.7. The molecule has 1 aliphatic rings. The van der Waals surface area contributed by atoms with E-state index in [1.165, 1.54) is 10.9 Å². The van der Waals surface area contributed by atoms with E-state index in [0.29, 0.717) is 63.8 Å². The van der Waals surface area contributed by atoms with Gasteiger partial charge >= 0.3 is 0 Å². The van der Waals surface area contributed by atoms with E-state index in [2.05, 4.69) is 27.6 Å². The lowest BCUT2D eigenvalue weighted by Gasteiger charge is -2.38. The summed E-state index contributed by atoms with van der Waals surface area (Å²) in [6, 6.07) is 18.1. The molecule has 0 radical (unpaired) electrons. The number of nitrogens with two attached hydrogens (primary N) is 1. The molecule has 1 atom stereocenters. The summed E-state index contributed by atoms with van der Waals surface area (Å²) in [5.74, 6) is 0.0594. The average Bonchev–Trinajstić information content (AvgIpc) is 3.53. The number of piperidine rings is 1. The van der Waals surface area contributed by atoms with Crippen LogP contribution in [-0.2, 0) is 34.5 Å². The monoisotopic (exact) mass is 768 g/mol. The number of nitrogens with zero attached hydrogens (tertiary/aromatic N) is 5. The topological polar surface area (TPSA) is 177 Å². The maximum atomic E-state index is 13.6. The molecule has 0 aliphatic carbocycles. The van der Waals surface area contributed by atoms with Crippen molar-refractivity contribution in [2.75, 3.05) is 26.2 Å². The Labute approximate surface area is 330 Å². The zero-order valence-corrected chi connectivity index (χ0v) is 33.2. The summed E-state index contributed by atoms with van der Waals surface area (Å²) in [5, 5.41) is 22.5. The number of benzene rings is 2. The van der Waals surface area contributed by atoms with Gasteiger partial charge in [0.25, 0.3) is 5.56 Å². The fourth-order valence-electron chi connectivity index (χ4n) is 7.48. The molecule has 5 N–H and O–H groups in total. The first kappa shape index (κ1) is 42.3. The van der Waals surface area contributed by atoms with Gasteiger partial charge in [0.1, 0.15) is 5.52 Å². The van der Waals surface area contributed by atoms with Crippen molar-refractivity contribution in [2.24, 2.45) is 12.8 Å². The number of carbonyl (C=O) groups excluding carboxylic acids is 3. The fourth-order valence-corrected chi connectivity index (χ4v) is 7.48. The molecule has 1 unspecified atom stereocenters. The van der Waals surface area contributed by atoms with Gasteiger partial charge in [0.2, 0.25) is 17.7 Å².